The van der Waals surface area contributed by atoms with Crippen LogP contribution in [0.4, 0.5) is 0 Å². The van der Waals surface area contributed by atoms with Crippen LogP contribution in [-0.2, 0) is 21.1 Å². The number of rotatable bonds is 0. The minimum atomic E-state index is -0.737. The van der Waals surface area contributed by atoms with Crippen LogP contribution in [0.2, 0.25) is 0 Å². The zero-order valence-electron chi connectivity index (χ0n) is 6.37. The molecule has 4 nitrogen and oxygen atoms in total. The van der Waals surface area contributed by atoms with Crippen molar-refractivity contribution >= 4 is 10.9 Å². The van der Waals surface area contributed by atoms with Gasteiger partial charge in [0.1, 0.15) is 0 Å². The molecule has 0 radical (unpaired) electrons. The van der Waals surface area contributed by atoms with E-state index in [1.165, 1.54) is 6.07 Å². The molecule has 0 atom stereocenters. The number of hydrogen-bond acceptors (Lipinski definition) is 3. The van der Waals surface area contributed by atoms with Crippen molar-refractivity contribution in [2.24, 2.45) is 0 Å². The summed E-state index contributed by atoms with van der Waals surface area (Å²) in [7, 11) is 0. The first-order valence-corrected chi connectivity index (χ1v) is 3.30. The monoisotopic (exact) mass is 346 g/mol. The molecule has 5 heteroatoms. The van der Waals surface area contributed by atoms with Gasteiger partial charge in [0.05, 0.1) is 0 Å². The smallest absolute Gasteiger partial charge is 0.382 e. The van der Waals surface area contributed by atoms with Crippen molar-refractivity contribution < 1.29 is 25.5 Å². The van der Waals surface area contributed by atoms with E-state index < -0.39 is 11.4 Å². The van der Waals surface area contributed by atoms with Gasteiger partial charge in [-0.1, -0.05) is 5.52 Å². The predicted octanol–water partition coefficient (Wildman–Crippen LogP) is 0.279. The summed E-state index contributed by atoms with van der Waals surface area (Å²) in [6.45, 7) is 0. The van der Waals surface area contributed by atoms with E-state index in [1.54, 1.807) is 12.1 Å². The summed E-state index contributed by atoms with van der Waals surface area (Å²) in [6, 6.07) is 7.38. The molecule has 2 rings (SSSR count). The first-order chi connectivity index (χ1) is 5.77. The van der Waals surface area contributed by atoms with Crippen molar-refractivity contribution in [2.75, 3.05) is 0 Å². The van der Waals surface area contributed by atoms with Gasteiger partial charge in [-0.2, -0.15) is 18.2 Å². The molecule has 1 aromatic carbocycles. The van der Waals surface area contributed by atoms with Crippen LogP contribution in [0, 0.1) is 6.07 Å². The molecule has 1 aromatic heterocycles. The van der Waals surface area contributed by atoms with Gasteiger partial charge in [-0.3, -0.25) is 4.79 Å². The zero-order valence-corrected chi connectivity index (χ0v) is 9.30. The summed E-state index contributed by atoms with van der Waals surface area (Å²) in [5.74, 6) is -0.737. The molecular weight excluding hydrogens is 342 g/mol. The Balaban J connectivity index is 0.000000845. The summed E-state index contributed by atoms with van der Waals surface area (Å²) in [4.78, 5) is 24.1. The van der Waals surface area contributed by atoms with E-state index in [1.807, 2.05) is 0 Å². The first kappa shape index (κ1) is 9.93. The molecule has 0 aliphatic carbocycles. The largest absolute Gasteiger partial charge is 2.00 e. The predicted molar refractivity (Wildman–Crippen MR) is 41.9 cm³/mol. The third-order valence-corrected chi connectivity index (χ3v) is 1.51. The van der Waals surface area contributed by atoms with E-state index in [4.69, 9.17) is 0 Å². The third kappa shape index (κ3) is 1.78. The Hall–Kier alpha value is -1.15. The van der Waals surface area contributed by atoms with Crippen molar-refractivity contribution in [3.63, 3.8) is 0 Å². The van der Waals surface area contributed by atoms with Crippen LogP contribution in [-0.4, -0.2) is 4.98 Å². The number of aromatic amines is 1. The van der Waals surface area contributed by atoms with E-state index >= 15 is 0 Å². The second-order valence-electron chi connectivity index (χ2n) is 2.27. The van der Waals surface area contributed by atoms with Crippen LogP contribution in [0.25, 0.3) is 10.9 Å². The van der Waals surface area contributed by atoms with E-state index in [2.05, 4.69) is 15.5 Å². The summed E-state index contributed by atoms with van der Waals surface area (Å²) in [5.41, 5.74) is -0.166. The van der Waals surface area contributed by atoms with E-state index in [9.17, 15) is 9.59 Å². The van der Waals surface area contributed by atoms with Gasteiger partial charge < -0.3 is 9.40 Å². The Morgan fingerprint density at radius 2 is 2.15 bits per heavy atom. The third-order valence-electron chi connectivity index (χ3n) is 1.51. The van der Waals surface area contributed by atoms with E-state index in [0.29, 0.717) is 10.9 Å². The number of hydrogen-bond donors (Lipinski definition) is 1. The molecule has 64 valence electrons. The molecule has 0 saturated carbocycles. The number of fused-ring (bicyclic) bond motifs is 1. The minimum absolute atomic E-state index is 0. The van der Waals surface area contributed by atoms with Gasteiger partial charge in [-0.05, 0) is 5.39 Å². The summed E-state index contributed by atoms with van der Waals surface area (Å²) < 4.78 is 4.30. The maximum absolute atomic E-state index is 11.0. The number of aromatic nitrogens is 1. The van der Waals surface area contributed by atoms with Crippen LogP contribution < -0.4 is 11.4 Å². The summed E-state index contributed by atoms with van der Waals surface area (Å²) in [5, 5.41) is 0.331. The van der Waals surface area contributed by atoms with Crippen LogP contribution >= 0.6 is 0 Å². The van der Waals surface area contributed by atoms with Crippen molar-refractivity contribution in [2.45, 2.75) is 0 Å². The van der Waals surface area contributed by atoms with Gasteiger partial charge >= 0.3 is 26.8 Å². The fourth-order valence-electron chi connectivity index (χ4n) is 0.983. The molecule has 1 N–H and O–H groups in total. The quantitative estimate of drug-likeness (QED) is 0.697. The van der Waals surface area contributed by atoms with Crippen molar-refractivity contribution in [3.8, 4) is 0 Å². The molecule has 0 bridgehead atoms. The number of nitrogens with one attached hydrogen (secondary N) is 1. The molecule has 0 unspecified atom stereocenters. The van der Waals surface area contributed by atoms with Gasteiger partial charge in [-0.25, -0.2) is 4.79 Å². The molecule has 0 amide bonds. The molecule has 0 saturated heterocycles. The SMILES string of the molecule is O=c1[nH]c2cc[c-]cc2c(=O)o1.[W+2]. The van der Waals surface area contributed by atoms with Gasteiger partial charge in [0.15, 0.2) is 0 Å². The van der Waals surface area contributed by atoms with Crippen LogP contribution in [0.1, 0.15) is 0 Å². The Morgan fingerprint density at radius 3 is 2.92 bits per heavy atom. The summed E-state index contributed by atoms with van der Waals surface area (Å²) >= 11 is 0. The average molecular weight is 346 g/mol. The van der Waals surface area contributed by atoms with Crippen LogP contribution in [0.3, 0.4) is 0 Å². The molecule has 0 fully saturated rings. The van der Waals surface area contributed by atoms with Gasteiger partial charge in [0.2, 0.25) is 0 Å². The average Bonchev–Trinajstić information content (AvgIpc) is 2.04. The first-order valence-electron chi connectivity index (χ1n) is 3.30. The van der Waals surface area contributed by atoms with Crippen LogP contribution in [0.5, 0.6) is 0 Å². The molecular formula is C8H4NO3W+. The Labute approximate surface area is 86.8 Å². The van der Waals surface area contributed by atoms with Gasteiger partial charge in [0.25, 0.3) is 5.63 Å². The summed E-state index contributed by atoms with van der Waals surface area (Å²) in [6.07, 6.45) is 0. The van der Waals surface area contributed by atoms with Gasteiger partial charge in [0, 0.05) is 0 Å². The van der Waals surface area contributed by atoms with Gasteiger partial charge in [-0.15, -0.1) is 6.07 Å². The van der Waals surface area contributed by atoms with Crippen molar-refractivity contribution in [1.82, 2.24) is 4.98 Å². The molecule has 0 spiro atoms. The second kappa shape index (κ2) is 3.71. The molecule has 0 aliphatic heterocycles. The molecule has 1 heterocycles. The molecule has 2 aromatic rings. The van der Waals surface area contributed by atoms with E-state index in [-0.39, 0.29) is 21.1 Å². The van der Waals surface area contributed by atoms with Crippen molar-refractivity contribution in [3.05, 3.63) is 45.2 Å². The Morgan fingerprint density at radius 1 is 1.38 bits per heavy atom. The fraction of sp³-hybridized carbons (Fsp3) is 0. The molecule has 0 aliphatic rings. The Kier molecular flexibility index (Phi) is 2.83. The van der Waals surface area contributed by atoms with Crippen molar-refractivity contribution in [1.29, 1.82) is 0 Å². The normalized spacial score (nSPS) is 9.54. The minimum Gasteiger partial charge on any atom is -0.382 e. The van der Waals surface area contributed by atoms with Crippen LogP contribution in [0.15, 0.2) is 32.2 Å². The van der Waals surface area contributed by atoms with E-state index in [0.717, 1.165) is 0 Å². The topological polar surface area (TPSA) is 63.1 Å². The zero-order chi connectivity index (χ0) is 8.55. The standard InChI is InChI=1S/C8H4NO3.W/c10-7-5-3-1-2-4-6(5)9-8(11)12-7;/h2-4H,(H,9,11);/q-1;+2. The maximum atomic E-state index is 11.0. The Bertz CT molecular complexity index is 528. The second-order valence-corrected chi connectivity index (χ2v) is 2.27. The molecule has 13 heavy (non-hydrogen) atoms. The maximum Gasteiger partial charge on any atom is 2.00 e. The number of H-pyrrole nitrogens is 1. The fourth-order valence-corrected chi connectivity index (χ4v) is 0.983. The number of benzene rings is 1.